The average Bonchev–Trinajstić information content (AvgIpc) is 2.49. The molecule has 1 aliphatic rings. The lowest BCUT2D eigenvalue weighted by Gasteiger charge is -2.42. The average molecular weight is 289 g/mol. The molecular formula is C18H31N3. The number of hydrogen-bond donors (Lipinski definition) is 1. The topological polar surface area (TPSA) is 32.5 Å². The molecule has 1 aliphatic heterocycles. The highest BCUT2D eigenvalue weighted by molar-refractivity contribution is 5.25. The number of aryl methyl sites for hydroxylation is 1. The Hall–Kier alpha value is -0.900. The minimum atomic E-state index is 0.185. The molecule has 21 heavy (non-hydrogen) atoms. The molecule has 0 bridgehead atoms. The highest BCUT2D eigenvalue weighted by atomic mass is 15.2. The summed E-state index contributed by atoms with van der Waals surface area (Å²) in [6.07, 6.45) is 3.57. The van der Waals surface area contributed by atoms with Gasteiger partial charge in [0.1, 0.15) is 0 Å². The van der Waals surface area contributed by atoms with Crippen LogP contribution in [0.5, 0.6) is 0 Å². The number of piperidine rings is 1. The van der Waals surface area contributed by atoms with E-state index in [0.717, 1.165) is 13.0 Å². The Morgan fingerprint density at radius 1 is 1.33 bits per heavy atom. The molecule has 3 nitrogen and oxygen atoms in total. The van der Waals surface area contributed by atoms with Crippen LogP contribution in [0, 0.1) is 6.92 Å². The van der Waals surface area contributed by atoms with E-state index in [-0.39, 0.29) is 6.04 Å². The van der Waals surface area contributed by atoms with Crippen molar-refractivity contribution in [2.24, 2.45) is 5.73 Å². The van der Waals surface area contributed by atoms with Crippen LogP contribution in [0.15, 0.2) is 24.3 Å². The fourth-order valence-corrected chi connectivity index (χ4v) is 3.47. The zero-order valence-corrected chi connectivity index (χ0v) is 14.0. The van der Waals surface area contributed by atoms with Crippen LogP contribution in [0.1, 0.15) is 43.4 Å². The predicted molar refractivity (Wildman–Crippen MR) is 90.5 cm³/mol. The molecule has 1 aromatic rings. The molecule has 1 aromatic carbocycles. The Balaban J connectivity index is 2.20. The van der Waals surface area contributed by atoms with Crippen LogP contribution < -0.4 is 5.73 Å². The van der Waals surface area contributed by atoms with Gasteiger partial charge in [-0.3, -0.25) is 4.90 Å². The van der Waals surface area contributed by atoms with Crippen molar-refractivity contribution < 1.29 is 0 Å². The van der Waals surface area contributed by atoms with Crippen LogP contribution in [0.4, 0.5) is 0 Å². The predicted octanol–water partition coefficient (Wildman–Crippen LogP) is 2.80. The van der Waals surface area contributed by atoms with Gasteiger partial charge in [0.25, 0.3) is 0 Å². The summed E-state index contributed by atoms with van der Waals surface area (Å²) in [4.78, 5) is 4.96. The first kappa shape index (κ1) is 16.5. The van der Waals surface area contributed by atoms with E-state index in [1.54, 1.807) is 0 Å². The Kier molecular flexibility index (Phi) is 5.80. The van der Waals surface area contributed by atoms with Gasteiger partial charge in [0.15, 0.2) is 0 Å². The zero-order valence-electron chi connectivity index (χ0n) is 14.0. The van der Waals surface area contributed by atoms with Crippen molar-refractivity contribution in [2.75, 3.05) is 27.2 Å². The van der Waals surface area contributed by atoms with E-state index in [4.69, 9.17) is 5.73 Å². The van der Waals surface area contributed by atoms with Crippen molar-refractivity contribution >= 4 is 0 Å². The summed E-state index contributed by atoms with van der Waals surface area (Å²) in [5.41, 5.74) is 9.13. The van der Waals surface area contributed by atoms with E-state index in [9.17, 15) is 0 Å². The van der Waals surface area contributed by atoms with Crippen LogP contribution in [-0.4, -0.2) is 49.1 Å². The number of likely N-dealkylation sites (N-methyl/N-ethyl adjacent to an activating group) is 2. The molecule has 3 unspecified atom stereocenters. The second kappa shape index (κ2) is 7.39. The first-order chi connectivity index (χ1) is 10.0. The highest BCUT2D eigenvalue weighted by Crippen LogP contribution is 2.28. The maximum Gasteiger partial charge on any atom is 0.0499 e. The van der Waals surface area contributed by atoms with Crippen molar-refractivity contribution in [2.45, 2.75) is 51.2 Å². The second-order valence-electron chi connectivity index (χ2n) is 6.65. The van der Waals surface area contributed by atoms with Crippen LogP contribution in [0.3, 0.4) is 0 Å². The van der Waals surface area contributed by atoms with Gasteiger partial charge in [0.2, 0.25) is 0 Å². The molecule has 1 fully saturated rings. The third kappa shape index (κ3) is 4.06. The van der Waals surface area contributed by atoms with E-state index < -0.39 is 0 Å². The minimum absolute atomic E-state index is 0.185. The van der Waals surface area contributed by atoms with E-state index in [1.807, 2.05) is 0 Å². The lowest BCUT2D eigenvalue weighted by atomic mass is 9.93. The SMILES string of the molecule is CCC(N)C(c1ccc(C)cc1)N(C)C1CCCN(C)C1. The normalized spacial score (nSPS) is 23.2. The van der Waals surface area contributed by atoms with Gasteiger partial charge in [-0.05, 0) is 52.4 Å². The number of nitrogens with zero attached hydrogens (tertiary/aromatic N) is 2. The van der Waals surface area contributed by atoms with Crippen molar-refractivity contribution in [3.8, 4) is 0 Å². The highest BCUT2D eigenvalue weighted by Gasteiger charge is 2.30. The fraction of sp³-hybridized carbons (Fsp3) is 0.667. The van der Waals surface area contributed by atoms with Crippen LogP contribution in [0.25, 0.3) is 0 Å². The maximum atomic E-state index is 6.47. The Morgan fingerprint density at radius 3 is 2.57 bits per heavy atom. The number of benzene rings is 1. The molecule has 0 aliphatic carbocycles. The molecule has 0 aromatic heterocycles. The molecule has 1 saturated heterocycles. The lowest BCUT2D eigenvalue weighted by molar-refractivity contribution is 0.0860. The molecule has 118 valence electrons. The molecule has 3 heteroatoms. The van der Waals surface area contributed by atoms with Crippen molar-refractivity contribution in [1.29, 1.82) is 0 Å². The van der Waals surface area contributed by atoms with Crippen molar-refractivity contribution in [3.63, 3.8) is 0 Å². The van der Waals surface area contributed by atoms with E-state index in [2.05, 4.69) is 62.0 Å². The summed E-state index contributed by atoms with van der Waals surface area (Å²) in [5.74, 6) is 0. The lowest BCUT2D eigenvalue weighted by Crippen LogP contribution is -2.50. The third-order valence-corrected chi connectivity index (χ3v) is 4.91. The molecule has 0 radical (unpaired) electrons. The molecule has 2 N–H and O–H groups in total. The molecule has 0 amide bonds. The van der Waals surface area contributed by atoms with Gasteiger partial charge < -0.3 is 10.6 Å². The smallest absolute Gasteiger partial charge is 0.0499 e. The van der Waals surface area contributed by atoms with Crippen LogP contribution in [0.2, 0.25) is 0 Å². The van der Waals surface area contributed by atoms with E-state index in [1.165, 1.54) is 30.5 Å². The van der Waals surface area contributed by atoms with Crippen molar-refractivity contribution in [3.05, 3.63) is 35.4 Å². The first-order valence-corrected chi connectivity index (χ1v) is 8.25. The zero-order chi connectivity index (χ0) is 15.4. The van der Waals surface area contributed by atoms with Gasteiger partial charge in [0, 0.05) is 24.7 Å². The largest absolute Gasteiger partial charge is 0.326 e. The molecule has 0 spiro atoms. The second-order valence-corrected chi connectivity index (χ2v) is 6.65. The molecule has 3 atom stereocenters. The molecular weight excluding hydrogens is 258 g/mol. The summed E-state index contributed by atoms with van der Waals surface area (Å²) >= 11 is 0. The summed E-state index contributed by atoms with van der Waals surface area (Å²) in [5, 5.41) is 0. The number of nitrogens with two attached hydrogens (primary N) is 1. The van der Waals surface area contributed by atoms with Gasteiger partial charge in [-0.15, -0.1) is 0 Å². The van der Waals surface area contributed by atoms with Crippen LogP contribution in [-0.2, 0) is 0 Å². The quantitative estimate of drug-likeness (QED) is 0.904. The monoisotopic (exact) mass is 289 g/mol. The fourth-order valence-electron chi connectivity index (χ4n) is 3.47. The number of hydrogen-bond acceptors (Lipinski definition) is 3. The van der Waals surface area contributed by atoms with E-state index >= 15 is 0 Å². The van der Waals surface area contributed by atoms with Gasteiger partial charge in [-0.25, -0.2) is 0 Å². The minimum Gasteiger partial charge on any atom is -0.326 e. The van der Waals surface area contributed by atoms with Gasteiger partial charge in [0.05, 0.1) is 0 Å². The number of likely N-dealkylation sites (tertiary alicyclic amines) is 1. The Bertz CT molecular complexity index is 429. The maximum absolute atomic E-state index is 6.47. The summed E-state index contributed by atoms with van der Waals surface area (Å²) in [6.45, 7) is 6.69. The Morgan fingerprint density at radius 2 is 2.00 bits per heavy atom. The molecule has 0 saturated carbocycles. The van der Waals surface area contributed by atoms with Crippen molar-refractivity contribution in [1.82, 2.24) is 9.80 Å². The summed E-state index contributed by atoms with van der Waals surface area (Å²) < 4.78 is 0. The van der Waals surface area contributed by atoms with E-state index in [0.29, 0.717) is 12.1 Å². The van der Waals surface area contributed by atoms with Gasteiger partial charge in [-0.2, -0.15) is 0 Å². The third-order valence-electron chi connectivity index (χ3n) is 4.91. The summed E-state index contributed by atoms with van der Waals surface area (Å²) in [7, 11) is 4.48. The summed E-state index contributed by atoms with van der Waals surface area (Å²) in [6, 6.07) is 10.00. The van der Waals surface area contributed by atoms with Crippen LogP contribution >= 0.6 is 0 Å². The standard InChI is InChI=1S/C18H31N3/c1-5-17(19)18(15-10-8-14(2)9-11-15)21(4)16-7-6-12-20(3)13-16/h8-11,16-18H,5-7,12-13,19H2,1-4H3. The Labute approximate surface area is 130 Å². The first-order valence-electron chi connectivity index (χ1n) is 8.25. The van der Waals surface area contributed by atoms with Gasteiger partial charge in [-0.1, -0.05) is 36.8 Å². The molecule has 1 heterocycles. The molecule has 2 rings (SSSR count). The number of rotatable bonds is 5. The van der Waals surface area contributed by atoms with Gasteiger partial charge >= 0.3 is 0 Å².